The molecule has 2 N–H and O–H groups in total. The molecule has 1 heterocycles. The number of hydrogen-bond donors (Lipinski definition) is 2. The Hall–Kier alpha value is -1.69. The maximum atomic E-state index is 12.1. The average Bonchev–Trinajstić information content (AvgIpc) is 2.20. The highest BCUT2D eigenvalue weighted by atomic mass is 16.3. The summed E-state index contributed by atoms with van der Waals surface area (Å²) in [5.41, 5.74) is 0.606. The molecule has 1 aromatic rings. The Labute approximate surface area is 112 Å². The summed E-state index contributed by atoms with van der Waals surface area (Å²) >= 11 is 0. The number of aliphatic hydroxyl groups is 1. The molecular formula is C13H21N3O3. The second-order valence-electron chi connectivity index (χ2n) is 5.47. The summed E-state index contributed by atoms with van der Waals surface area (Å²) in [5.74, 6) is -0.123. The van der Waals surface area contributed by atoms with Crippen LogP contribution in [0.1, 0.15) is 30.8 Å². The number of aromatic nitrogens is 2. The third-order valence-corrected chi connectivity index (χ3v) is 2.83. The Morgan fingerprint density at radius 1 is 1.42 bits per heavy atom. The normalized spacial score (nSPS) is 11.5. The lowest BCUT2D eigenvalue weighted by Gasteiger charge is -2.26. The first-order chi connectivity index (χ1) is 8.60. The molecule has 0 aliphatic carbocycles. The summed E-state index contributed by atoms with van der Waals surface area (Å²) in [6.45, 7) is 7.00. The van der Waals surface area contributed by atoms with Crippen molar-refractivity contribution in [2.75, 3.05) is 13.6 Å². The molecule has 0 aromatic carbocycles. The topological polar surface area (TPSA) is 86.3 Å². The van der Waals surface area contributed by atoms with E-state index in [-0.39, 0.29) is 18.9 Å². The molecule has 0 unspecified atom stereocenters. The van der Waals surface area contributed by atoms with E-state index in [4.69, 9.17) is 0 Å². The van der Waals surface area contributed by atoms with Crippen LogP contribution in [0, 0.1) is 13.8 Å². The molecular weight excluding hydrogens is 246 g/mol. The molecule has 1 aromatic heterocycles. The van der Waals surface area contributed by atoms with Crippen molar-refractivity contribution < 1.29 is 9.90 Å². The van der Waals surface area contributed by atoms with Gasteiger partial charge in [0, 0.05) is 30.5 Å². The standard InChI is InChI=1S/C13H21N3O3/c1-8-10(9(2)15-12(18)14-8)6-11(17)16(5)7-13(3,4)19/h19H,6-7H2,1-5H3,(H,14,15,18). The van der Waals surface area contributed by atoms with Crippen molar-refractivity contribution in [3.63, 3.8) is 0 Å². The SMILES string of the molecule is Cc1nc(=O)[nH]c(C)c1CC(=O)N(C)CC(C)(C)O. The number of amides is 1. The largest absolute Gasteiger partial charge is 0.389 e. The van der Waals surface area contributed by atoms with Crippen LogP contribution in [0.25, 0.3) is 0 Å². The highest BCUT2D eigenvalue weighted by Gasteiger charge is 2.20. The number of aromatic amines is 1. The maximum Gasteiger partial charge on any atom is 0.345 e. The molecule has 0 saturated heterocycles. The molecule has 6 nitrogen and oxygen atoms in total. The second-order valence-corrected chi connectivity index (χ2v) is 5.47. The van der Waals surface area contributed by atoms with E-state index >= 15 is 0 Å². The molecule has 0 saturated carbocycles. The van der Waals surface area contributed by atoms with Crippen LogP contribution in [-0.4, -0.2) is 45.1 Å². The van der Waals surface area contributed by atoms with E-state index in [2.05, 4.69) is 9.97 Å². The lowest BCUT2D eigenvalue weighted by molar-refractivity contribution is -0.131. The maximum absolute atomic E-state index is 12.1. The molecule has 19 heavy (non-hydrogen) atoms. The molecule has 0 aliphatic heterocycles. The quantitative estimate of drug-likeness (QED) is 0.813. The van der Waals surface area contributed by atoms with Crippen molar-refractivity contribution in [2.45, 2.75) is 39.7 Å². The van der Waals surface area contributed by atoms with Gasteiger partial charge >= 0.3 is 5.69 Å². The van der Waals surface area contributed by atoms with Crippen LogP contribution in [0.15, 0.2) is 4.79 Å². The van der Waals surface area contributed by atoms with E-state index in [1.807, 2.05) is 0 Å². The number of nitrogens with zero attached hydrogens (tertiary/aromatic N) is 2. The summed E-state index contributed by atoms with van der Waals surface area (Å²) in [6.07, 6.45) is 0.161. The molecule has 0 spiro atoms. The van der Waals surface area contributed by atoms with E-state index in [1.54, 1.807) is 34.7 Å². The summed E-state index contributed by atoms with van der Waals surface area (Å²) in [7, 11) is 1.64. The zero-order valence-electron chi connectivity index (χ0n) is 12.1. The van der Waals surface area contributed by atoms with E-state index in [1.165, 1.54) is 4.90 Å². The minimum Gasteiger partial charge on any atom is -0.389 e. The van der Waals surface area contributed by atoms with Crippen LogP contribution in [0.4, 0.5) is 0 Å². The highest BCUT2D eigenvalue weighted by molar-refractivity contribution is 5.79. The van der Waals surface area contributed by atoms with Crippen LogP contribution in [0.5, 0.6) is 0 Å². The van der Waals surface area contributed by atoms with Gasteiger partial charge in [-0.2, -0.15) is 4.98 Å². The number of carbonyl (C=O) groups excluding carboxylic acids is 1. The van der Waals surface area contributed by atoms with E-state index in [0.717, 1.165) is 5.56 Å². The summed E-state index contributed by atoms with van der Waals surface area (Å²) in [6, 6.07) is 0. The fourth-order valence-corrected chi connectivity index (χ4v) is 1.97. The van der Waals surface area contributed by atoms with Gasteiger partial charge in [-0.3, -0.25) is 4.79 Å². The minimum atomic E-state index is -0.933. The zero-order valence-corrected chi connectivity index (χ0v) is 12.1. The van der Waals surface area contributed by atoms with Gasteiger partial charge in [0.25, 0.3) is 0 Å². The van der Waals surface area contributed by atoms with Crippen molar-refractivity contribution in [1.29, 1.82) is 0 Å². The molecule has 106 valence electrons. The van der Waals surface area contributed by atoms with Gasteiger partial charge in [0.2, 0.25) is 5.91 Å². The Morgan fingerprint density at radius 3 is 2.47 bits per heavy atom. The molecule has 0 atom stereocenters. The first-order valence-corrected chi connectivity index (χ1v) is 6.13. The number of rotatable bonds is 4. The van der Waals surface area contributed by atoms with Crippen molar-refractivity contribution in [3.05, 3.63) is 27.4 Å². The van der Waals surface area contributed by atoms with Crippen molar-refractivity contribution in [3.8, 4) is 0 Å². The van der Waals surface area contributed by atoms with Crippen LogP contribution in [-0.2, 0) is 11.2 Å². The van der Waals surface area contributed by atoms with Crippen LogP contribution in [0.3, 0.4) is 0 Å². The first-order valence-electron chi connectivity index (χ1n) is 6.13. The molecule has 0 bridgehead atoms. The minimum absolute atomic E-state index is 0.123. The molecule has 1 amide bonds. The highest BCUT2D eigenvalue weighted by Crippen LogP contribution is 2.10. The molecule has 6 heteroatoms. The molecule has 0 radical (unpaired) electrons. The van der Waals surface area contributed by atoms with Gasteiger partial charge in [-0.05, 0) is 27.7 Å². The van der Waals surface area contributed by atoms with Crippen molar-refractivity contribution in [1.82, 2.24) is 14.9 Å². The van der Waals surface area contributed by atoms with Gasteiger partial charge in [0.1, 0.15) is 0 Å². The smallest absolute Gasteiger partial charge is 0.345 e. The Balaban J connectivity index is 2.86. The fourth-order valence-electron chi connectivity index (χ4n) is 1.97. The lowest BCUT2D eigenvalue weighted by Crippen LogP contribution is -2.40. The lowest BCUT2D eigenvalue weighted by atomic mass is 10.1. The zero-order chi connectivity index (χ0) is 14.8. The van der Waals surface area contributed by atoms with Gasteiger partial charge in [-0.25, -0.2) is 4.79 Å². The third kappa shape index (κ3) is 4.48. The Morgan fingerprint density at radius 2 is 2.00 bits per heavy atom. The van der Waals surface area contributed by atoms with E-state index in [0.29, 0.717) is 11.4 Å². The summed E-state index contributed by atoms with van der Waals surface area (Å²) in [4.78, 5) is 31.1. The number of likely N-dealkylation sites (N-methyl/N-ethyl adjacent to an activating group) is 1. The van der Waals surface area contributed by atoms with Crippen molar-refractivity contribution in [2.24, 2.45) is 0 Å². The van der Waals surface area contributed by atoms with E-state index in [9.17, 15) is 14.7 Å². The predicted octanol–water partition coefficient (Wildman–Crippen LogP) is 0.159. The van der Waals surface area contributed by atoms with Gasteiger partial charge in [-0.15, -0.1) is 0 Å². The van der Waals surface area contributed by atoms with Crippen LogP contribution in [0.2, 0.25) is 0 Å². The summed E-state index contributed by atoms with van der Waals surface area (Å²) < 4.78 is 0. The average molecular weight is 267 g/mol. The van der Waals surface area contributed by atoms with E-state index < -0.39 is 11.3 Å². The van der Waals surface area contributed by atoms with Crippen LogP contribution >= 0.6 is 0 Å². The number of carbonyl (C=O) groups is 1. The van der Waals surface area contributed by atoms with Gasteiger partial charge in [-0.1, -0.05) is 0 Å². The van der Waals surface area contributed by atoms with Crippen LogP contribution < -0.4 is 5.69 Å². The number of aryl methyl sites for hydroxylation is 2. The van der Waals surface area contributed by atoms with Gasteiger partial charge < -0.3 is 15.0 Å². The second kappa shape index (κ2) is 5.52. The fraction of sp³-hybridized carbons (Fsp3) is 0.615. The van der Waals surface area contributed by atoms with Gasteiger partial charge in [0.05, 0.1) is 12.0 Å². The summed E-state index contributed by atoms with van der Waals surface area (Å²) in [5, 5.41) is 9.69. The van der Waals surface area contributed by atoms with Gasteiger partial charge in [0.15, 0.2) is 0 Å². The number of nitrogens with one attached hydrogen (secondary N) is 1. The third-order valence-electron chi connectivity index (χ3n) is 2.83. The number of hydrogen-bond acceptors (Lipinski definition) is 4. The molecule has 0 aliphatic rings. The molecule has 0 fully saturated rings. The Bertz CT molecular complexity index is 503. The Kier molecular flexibility index (Phi) is 4.47. The van der Waals surface area contributed by atoms with Crippen molar-refractivity contribution >= 4 is 5.91 Å². The predicted molar refractivity (Wildman–Crippen MR) is 72.0 cm³/mol. The molecule has 1 rings (SSSR count). The monoisotopic (exact) mass is 267 g/mol. The first kappa shape index (κ1) is 15.4. The number of H-pyrrole nitrogens is 1.